The third-order valence-corrected chi connectivity index (χ3v) is 7.39. The highest BCUT2D eigenvalue weighted by Crippen LogP contribution is 2.29. The molecule has 3 aliphatic rings. The first-order valence-corrected chi connectivity index (χ1v) is 11.6. The molecule has 4 rings (SSSR count). The molecule has 0 amide bonds. The van der Waals surface area contributed by atoms with Gasteiger partial charge in [-0.05, 0) is 25.7 Å². The van der Waals surface area contributed by atoms with E-state index < -0.39 is 10.0 Å². The molecule has 0 aliphatic carbocycles. The van der Waals surface area contributed by atoms with Crippen LogP contribution in [0.1, 0.15) is 43.3 Å². The van der Waals surface area contributed by atoms with Gasteiger partial charge in [0.1, 0.15) is 11.6 Å². The first-order chi connectivity index (χ1) is 12.5. The van der Waals surface area contributed by atoms with E-state index in [2.05, 4.69) is 19.7 Å². The van der Waals surface area contributed by atoms with Gasteiger partial charge in [-0.15, -0.1) is 10.2 Å². The van der Waals surface area contributed by atoms with Crippen molar-refractivity contribution in [2.75, 3.05) is 45.6 Å². The van der Waals surface area contributed by atoms with Crippen LogP contribution in [0.2, 0.25) is 0 Å². The van der Waals surface area contributed by atoms with E-state index >= 15 is 0 Å². The maximum atomic E-state index is 11.7. The van der Waals surface area contributed by atoms with Gasteiger partial charge in [-0.3, -0.25) is 4.90 Å². The van der Waals surface area contributed by atoms with Crippen molar-refractivity contribution in [1.82, 2.24) is 24.0 Å². The van der Waals surface area contributed by atoms with E-state index in [1.165, 1.54) is 6.26 Å². The Morgan fingerprint density at radius 1 is 0.962 bits per heavy atom. The van der Waals surface area contributed by atoms with Gasteiger partial charge in [0.15, 0.2) is 0 Å². The molecule has 8 nitrogen and oxygen atoms in total. The number of hydrogen-bond donors (Lipinski definition) is 0. The van der Waals surface area contributed by atoms with Crippen molar-refractivity contribution in [2.24, 2.45) is 0 Å². The molecule has 0 aromatic carbocycles. The lowest BCUT2D eigenvalue weighted by Gasteiger charge is -2.33. The van der Waals surface area contributed by atoms with E-state index in [0.29, 0.717) is 25.0 Å². The van der Waals surface area contributed by atoms with Crippen LogP contribution in [0.3, 0.4) is 0 Å². The first kappa shape index (κ1) is 18.3. The molecule has 26 heavy (non-hydrogen) atoms. The van der Waals surface area contributed by atoms with Crippen LogP contribution in [0, 0.1) is 0 Å². The summed E-state index contributed by atoms with van der Waals surface area (Å²) in [6, 6.07) is 0.628. The number of fused-ring (bicyclic) bond motifs is 1. The van der Waals surface area contributed by atoms with Gasteiger partial charge in [0.2, 0.25) is 10.0 Å². The Kier molecular flexibility index (Phi) is 5.31. The summed E-state index contributed by atoms with van der Waals surface area (Å²) in [5, 5.41) is 8.96. The molecule has 0 unspecified atom stereocenters. The quantitative estimate of drug-likeness (QED) is 0.754. The van der Waals surface area contributed by atoms with Crippen LogP contribution in [0.25, 0.3) is 0 Å². The van der Waals surface area contributed by atoms with Crippen LogP contribution in [-0.2, 0) is 27.7 Å². The second kappa shape index (κ2) is 7.53. The maximum Gasteiger partial charge on any atom is 0.211 e. The molecule has 4 heterocycles. The summed E-state index contributed by atoms with van der Waals surface area (Å²) >= 11 is 0. The monoisotopic (exact) mass is 383 g/mol. The lowest BCUT2D eigenvalue weighted by molar-refractivity contribution is 0.0346. The SMILES string of the molecule is CS(=O)(=O)N1CCC(c2nnc3n2CCN(C2CCOCC2)CC3)CC1. The molecule has 2 fully saturated rings. The highest BCUT2D eigenvalue weighted by Gasteiger charge is 2.31. The van der Waals surface area contributed by atoms with Gasteiger partial charge in [0, 0.05) is 64.3 Å². The Morgan fingerprint density at radius 2 is 1.69 bits per heavy atom. The summed E-state index contributed by atoms with van der Waals surface area (Å²) < 4.78 is 32.8. The zero-order valence-corrected chi connectivity index (χ0v) is 16.3. The first-order valence-electron chi connectivity index (χ1n) is 9.71. The standard InChI is InChI=1S/C17H29N5O3S/c1-26(23,24)21-8-2-14(3-9-21)17-19-18-16-4-7-20(10-11-22(16)17)15-5-12-25-13-6-15/h14-15H,2-13H2,1H3. The third kappa shape index (κ3) is 3.81. The van der Waals surface area contributed by atoms with E-state index in [4.69, 9.17) is 4.74 Å². The summed E-state index contributed by atoms with van der Waals surface area (Å²) in [5.74, 6) is 2.45. The second-order valence-electron chi connectivity index (χ2n) is 7.69. The summed E-state index contributed by atoms with van der Waals surface area (Å²) in [4.78, 5) is 2.59. The zero-order valence-electron chi connectivity index (χ0n) is 15.5. The van der Waals surface area contributed by atoms with Crippen molar-refractivity contribution in [3.63, 3.8) is 0 Å². The number of aromatic nitrogens is 3. The van der Waals surface area contributed by atoms with Gasteiger partial charge < -0.3 is 9.30 Å². The summed E-state index contributed by atoms with van der Waals surface area (Å²) in [6.07, 6.45) is 6.13. The molecule has 9 heteroatoms. The average molecular weight is 384 g/mol. The Hall–Kier alpha value is -1.03. The summed E-state index contributed by atoms with van der Waals surface area (Å²) in [6.45, 7) is 5.91. The van der Waals surface area contributed by atoms with E-state index in [1.807, 2.05) is 0 Å². The van der Waals surface area contributed by atoms with Crippen molar-refractivity contribution in [2.45, 2.75) is 50.6 Å². The van der Waals surface area contributed by atoms with Gasteiger partial charge in [-0.1, -0.05) is 0 Å². The Bertz CT molecular complexity index is 721. The van der Waals surface area contributed by atoms with E-state index in [0.717, 1.165) is 76.6 Å². The number of piperidine rings is 1. The molecule has 0 radical (unpaired) electrons. The molecule has 1 aromatic rings. The fourth-order valence-electron chi connectivity index (χ4n) is 4.52. The Balaban J connectivity index is 1.42. The van der Waals surface area contributed by atoms with Crippen molar-refractivity contribution >= 4 is 10.0 Å². The van der Waals surface area contributed by atoms with Gasteiger partial charge >= 0.3 is 0 Å². The maximum absolute atomic E-state index is 11.7. The molecule has 0 N–H and O–H groups in total. The van der Waals surface area contributed by atoms with Crippen molar-refractivity contribution in [3.05, 3.63) is 11.6 Å². The molecular formula is C17H29N5O3S. The van der Waals surface area contributed by atoms with Crippen LogP contribution in [0.5, 0.6) is 0 Å². The predicted octanol–water partition coefficient (Wildman–Crippen LogP) is 0.454. The smallest absolute Gasteiger partial charge is 0.211 e. The lowest BCUT2D eigenvalue weighted by Crippen LogP contribution is -2.41. The molecule has 146 valence electrons. The lowest BCUT2D eigenvalue weighted by atomic mass is 9.97. The van der Waals surface area contributed by atoms with Crippen LogP contribution in [0.15, 0.2) is 0 Å². The van der Waals surface area contributed by atoms with Crippen molar-refractivity contribution < 1.29 is 13.2 Å². The average Bonchev–Trinajstić information content (AvgIpc) is 2.93. The second-order valence-corrected chi connectivity index (χ2v) is 9.67. The minimum absolute atomic E-state index is 0.309. The topological polar surface area (TPSA) is 80.6 Å². The fourth-order valence-corrected chi connectivity index (χ4v) is 5.40. The van der Waals surface area contributed by atoms with Crippen LogP contribution >= 0.6 is 0 Å². The number of rotatable bonds is 3. The Morgan fingerprint density at radius 3 is 2.38 bits per heavy atom. The van der Waals surface area contributed by atoms with Gasteiger partial charge in [-0.25, -0.2) is 12.7 Å². The number of hydrogen-bond acceptors (Lipinski definition) is 6. The van der Waals surface area contributed by atoms with E-state index in [9.17, 15) is 8.42 Å². The fraction of sp³-hybridized carbons (Fsp3) is 0.882. The molecule has 3 aliphatic heterocycles. The van der Waals surface area contributed by atoms with Crippen LogP contribution in [0.4, 0.5) is 0 Å². The molecule has 0 bridgehead atoms. The van der Waals surface area contributed by atoms with Crippen molar-refractivity contribution in [3.8, 4) is 0 Å². The number of nitrogens with zero attached hydrogens (tertiary/aromatic N) is 5. The number of sulfonamides is 1. The van der Waals surface area contributed by atoms with Crippen LogP contribution in [-0.4, -0.2) is 84.1 Å². The molecule has 0 saturated carbocycles. The van der Waals surface area contributed by atoms with Crippen LogP contribution < -0.4 is 0 Å². The predicted molar refractivity (Wildman–Crippen MR) is 97.5 cm³/mol. The third-order valence-electron chi connectivity index (χ3n) is 6.08. The zero-order chi connectivity index (χ0) is 18.1. The summed E-state index contributed by atoms with van der Waals surface area (Å²) in [7, 11) is -3.09. The normalized spacial score (nSPS) is 25.1. The molecular weight excluding hydrogens is 354 g/mol. The minimum Gasteiger partial charge on any atom is -0.381 e. The highest BCUT2D eigenvalue weighted by molar-refractivity contribution is 7.88. The largest absolute Gasteiger partial charge is 0.381 e. The number of ether oxygens (including phenoxy) is 1. The van der Waals surface area contributed by atoms with Gasteiger partial charge in [0.05, 0.1) is 6.26 Å². The minimum atomic E-state index is -3.09. The molecule has 0 atom stereocenters. The van der Waals surface area contributed by atoms with Gasteiger partial charge in [-0.2, -0.15) is 0 Å². The Labute approximate surface area is 155 Å². The summed E-state index contributed by atoms with van der Waals surface area (Å²) in [5.41, 5.74) is 0. The van der Waals surface area contributed by atoms with Gasteiger partial charge in [0.25, 0.3) is 0 Å². The molecule has 2 saturated heterocycles. The highest BCUT2D eigenvalue weighted by atomic mass is 32.2. The molecule has 0 spiro atoms. The molecule has 1 aromatic heterocycles. The van der Waals surface area contributed by atoms with Crippen molar-refractivity contribution in [1.29, 1.82) is 0 Å². The van der Waals surface area contributed by atoms with E-state index in [-0.39, 0.29) is 0 Å². The van der Waals surface area contributed by atoms with E-state index in [1.54, 1.807) is 4.31 Å².